The molecule has 27 heavy (non-hydrogen) atoms. The van der Waals surface area contributed by atoms with Gasteiger partial charge >= 0.3 is 6.03 Å². The van der Waals surface area contributed by atoms with Crippen LogP contribution in [0.15, 0.2) is 0 Å². The molecule has 3 aliphatic rings. The number of urea groups is 1. The molecule has 1 saturated carbocycles. The Hall–Kier alpha value is -1.59. The van der Waals surface area contributed by atoms with Gasteiger partial charge in [0.15, 0.2) is 0 Å². The number of hydrogen-bond donors (Lipinski definition) is 1. The molecule has 6 heteroatoms. The molecule has 1 N–H and O–H groups in total. The molecule has 2 saturated heterocycles. The fourth-order valence-electron chi connectivity index (χ4n) is 5.03. The van der Waals surface area contributed by atoms with Crippen LogP contribution >= 0.6 is 0 Å². The Morgan fingerprint density at radius 1 is 1.19 bits per heavy atom. The third-order valence-electron chi connectivity index (χ3n) is 7.52. The van der Waals surface area contributed by atoms with Gasteiger partial charge in [0.1, 0.15) is 12.1 Å². The zero-order valence-electron chi connectivity index (χ0n) is 17.3. The van der Waals surface area contributed by atoms with Crippen molar-refractivity contribution in [1.82, 2.24) is 15.1 Å². The highest BCUT2D eigenvalue weighted by Crippen LogP contribution is 2.45. The molecule has 152 valence electrons. The molecule has 6 nitrogen and oxygen atoms in total. The molecule has 1 spiro atoms. The third-order valence-corrected chi connectivity index (χ3v) is 7.52. The van der Waals surface area contributed by atoms with Gasteiger partial charge in [-0.2, -0.15) is 0 Å². The Labute approximate surface area is 163 Å². The van der Waals surface area contributed by atoms with E-state index >= 15 is 0 Å². The Bertz CT molecular complexity index is 608. The lowest BCUT2D eigenvalue weighted by molar-refractivity contribution is -0.141. The van der Waals surface area contributed by atoms with Gasteiger partial charge in [0.2, 0.25) is 5.91 Å². The smallest absolute Gasteiger partial charge is 0.325 e. The van der Waals surface area contributed by atoms with Crippen molar-refractivity contribution in [2.45, 2.75) is 90.6 Å². The van der Waals surface area contributed by atoms with Gasteiger partial charge in [-0.1, -0.05) is 27.2 Å². The van der Waals surface area contributed by atoms with Crippen LogP contribution in [0.25, 0.3) is 0 Å². The normalized spacial score (nSPS) is 32.1. The number of amides is 4. The maximum absolute atomic E-state index is 13.1. The molecule has 0 bridgehead atoms. The molecule has 1 atom stereocenters. The minimum absolute atomic E-state index is 0.108. The standard InChI is InChI=1S/C21H35N3O3/c1-5-20(3,4)16-9-11-21(12-10-16)18(26)24(19(27)22-21)14-17(25)23-13-7-6-8-15(23)2/h15-16H,5-14H2,1-4H3,(H,22,27). The van der Waals surface area contributed by atoms with Crippen LogP contribution in [0.4, 0.5) is 4.79 Å². The molecule has 0 aromatic rings. The van der Waals surface area contributed by atoms with E-state index in [9.17, 15) is 14.4 Å². The van der Waals surface area contributed by atoms with E-state index in [-0.39, 0.29) is 29.8 Å². The van der Waals surface area contributed by atoms with Crippen molar-refractivity contribution in [1.29, 1.82) is 0 Å². The van der Waals surface area contributed by atoms with Gasteiger partial charge < -0.3 is 10.2 Å². The summed E-state index contributed by atoms with van der Waals surface area (Å²) in [6, 6.07) is -0.209. The lowest BCUT2D eigenvalue weighted by atomic mass is 9.65. The molecule has 2 heterocycles. The van der Waals surface area contributed by atoms with Crippen LogP contribution in [-0.2, 0) is 9.59 Å². The highest BCUT2D eigenvalue weighted by atomic mass is 16.2. The Morgan fingerprint density at radius 3 is 2.44 bits per heavy atom. The van der Waals surface area contributed by atoms with Crippen LogP contribution < -0.4 is 5.32 Å². The van der Waals surface area contributed by atoms with Crippen molar-refractivity contribution >= 4 is 17.8 Å². The van der Waals surface area contributed by atoms with E-state index in [0.717, 1.165) is 50.0 Å². The number of imide groups is 1. The molecular weight excluding hydrogens is 342 g/mol. The van der Waals surface area contributed by atoms with E-state index in [1.54, 1.807) is 0 Å². The number of nitrogens with one attached hydrogen (secondary N) is 1. The maximum Gasteiger partial charge on any atom is 0.325 e. The molecule has 4 amide bonds. The van der Waals surface area contributed by atoms with Crippen LogP contribution in [0.2, 0.25) is 0 Å². The number of piperidine rings is 1. The van der Waals surface area contributed by atoms with Crippen molar-refractivity contribution in [2.75, 3.05) is 13.1 Å². The molecular formula is C21H35N3O3. The Kier molecular flexibility index (Phi) is 5.55. The number of rotatable bonds is 4. The van der Waals surface area contributed by atoms with Crippen LogP contribution in [0.1, 0.15) is 79.1 Å². The predicted molar refractivity (Wildman–Crippen MR) is 104 cm³/mol. The lowest BCUT2D eigenvalue weighted by Gasteiger charge is -2.42. The third kappa shape index (κ3) is 3.72. The van der Waals surface area contributed by atoms with Crippen molar-refractivity contribution in [3.05, 3.63) is 0 Å². The summed E-state index contributed by atoms with van der Waals surface area (Å²) in [6.07, 6.45) is 7.47. The average Bonchev–Trinajstić information content (AvgIpc) is 2.86. The first-order valence-electron chi connectivity index (χ1n) is 10.6. The van der Waals surface area contributed by atoms with E-state index < -0.39 is 11.6 Å². The van der Waals surface area contributed by atoms with Gasteiger partial charge in [0.25, 0.3) is 5.91 Å². The van der Waals surface area contributed by atoms with E-state index in [1.165, 1.54) is 0 Å². The Balaban J connectivity index is 1.64. The van der Waals surface area contributed by atoms with Crippen LogP contribution in [-0.4, -0.2) is 52.3 Å². The van der Waals surface area contributed by atoms with E-state index in [1.807, 2.05) is 11.8 Å². The summed E-state index contributed by atoms with van der Waals surface area (Å²) in [4.78, 5) is 41.3. The predicted octanol–water partition coefficient (Wildman–Crippen LogP) is 3.30. The quantitative estimate of drug-likeness (QED) is 0.764. The number of carbonyl (C=O) groups excluding carboxylic acids is 3. The molecule has 3 rings (SSSR count). The molecule has 2 aliphatic heterocycles. The first-order chi connectivity index (χ1) is 12.7. The first-order valence-corrected chi connectivity index (χ1v) is 10.6. The molecule has 1 unspecified atom stereocenters. The van der Waals surface area contributed by atoms with Crippen molar-refractivity contribution < 1.29 is 14.4 Å². The number of nitrogens with zero attached hydrogens (tertiary/aromatic N) is 2. The number of carbonyl (C=O) groups is 3. The Morgan fingerprint density at radius 2 is 1.85 bits per heavy atom. The molecule has 0 aromatic carbocycles. The summed E-state index contributed by atoms with van der Waals surface area (Å²) in [7, 11) is 0. The van der Waals surface area contributed by atoms with Crippen molar-refractivity contribution in [2.24, 2.45) is 11.3 Å². The minimum atomic E-state index is -0.787. The van der Waals surface area contributed by atoms with Gasteiger partial charge in [0, 0.05) is 12.6 Å². The van der Waals surface area contributed by atoms with Crippen molar-refractivity contribution in [3.63, 3.8) is 0 Å². The van der Waals surface area contributed by atoms with E-state index in [4.69, 9.17) is 0 Å². The summed E-state index contributed by atoms with van der Waals surface area (Å²) in [5, 5.41) is 2.95. The topological polar surface area (TPSA) is 69.7 Å². The summed E-state index contributed by atoms with van der Waals surface area (Å²) >= 11 is 0. The van der Waals surface area contributed by atoms with Gasteiger partial charge in [-0.05, 0) is 63.2 Å². The molecule has 0 radical (unpaired) electrons. The summed E-state index contributed by atoms with van der Waals surface area (Å²) in [5.41, 5.74) is -0.529. The van der Waals surface area contributed by atoms with E-state index in [2.05, 4.69) is 26.1 Å². The lowest BCUT2D eigenvalue weighted by Crippen LogP contribution is -2.51. The fraction of sp³-hybridized carbons (Fsp3) is 0.857. The highest BCUT2D eigenvalue weighted by molar-refractivity contribution is 6.09. The maximum atomic E-state index is 13.1. The van der Waals surface area contributed by atoms with Gasteiger partial charge in [-0.3, -0.25) is 14.5 Å². The minimum Gasteiger partial charge on any atom is -0.338 e. The monoisotopic (exact) mass is 377 g/mol. The first kappa shape index (κ1) is 20.2. The van der Waals surface area contributed by atoms with Gasteiger partial charge in [0.05, 0.1) is 0 Å². The van der Waals surface area contributed by atoms with Gasteiger partial charge in [-0.15, -0.1) is 0 Å². The summed E-state index contributed by atoms with van der Waals surface area (Å²) in [6.45, 7) is 9.43. The van der Waals surface area contributed by atoms with Crippen LogP contribution in [0, 0.1) is 11.3 Å². The van der Waals surface area contributed by atoms with E-state index in [0.29, 0.717) is 18.8 Å². The number of hydrogen-bond acceptors (Lipinski definition) is 3. The second-order valence-corrected chi connectivity index (χ2v) is 9.45. The second kappa shape index (κ2) is 7.44. The van der Waals surface area contributed by atoms with Crippen LogP contribution in [0.5, 0.6) is 0 Å². The SMILES string of the molecule is CCC(C)(C)C1CCC2(CC1)NC(=O)N(CC(=O)N1CCCCC1C)C2=O. The molecule has 0 aromatic heterocycles. The summed E-state index contributed by atoms with van der Waals surface area (Å²) < 4.78 is 0. The largest absolute Gasteiger partial charge is 0.338 e. The molecule has 1 aliphatic carbocycles. The zero-order chi connectivity index (χ0) is 19.8. The zero-order valence-corrected chi connectivity index (χ0v) is 17.3. The fourth-order valence-corrected chi connectivity index (χ4v) is 5.03. The summed E-state index contributed by atoms with van der Waals surface area (Å²) in [5.74, 6) is 0.268. The highest BCUT2D eigenvalue weighted by Gasteiger charge is 2.54. The van der Waals surface area contributed by atoms with Crippen LogP contribution in [0.3, 0.4) is 0 Å². The number of likely N-dealkylation sites (tertiary alicyclic amines) is 1. The van der Waals surface area contributed by atoms with Gasteiger partial charge in [-0.25, -0.2) is 4.79 Å². The average molecular weight is 378 g/mol. The van der Waals surface area contributed by atoms with Crippen molar-refractivity contribution in [3.8, 4) is 0 Å². The molecule has 3 fully saturated rings. The second-order valence-electron chi connectivity index (χ2n) is 9.45.